The van der Waals surface area contributed by atoms with Crippen LogP contribution in [0.1, 0.15) is 45.5 Å². The maximum absolute atomic E-state index is 12.2. The van der Waals surface area contributed by atoms with Gasteiger partial charge in [-0.25, -0.2) is 4.79 Å². The lowest BCUT2D eigenvalue weighted by atomic mass is 9.96. The predicted molar refractivity (Wildman–Crippen MR) is 89.6 cm³/mol. The molecule has 0 bridgehead atoms. The molecule has 120 valence electrons. The number of ether oxygens (including phenoxy) is 1. The second kappa shape index (κ2) is 8.13. The minimum atomic E-state index is -0.410. The molecule has 0 fully saturated rings. The van der Waals surface area contributed by atoms with E-state index >= 15 is 0 Å². The second-order valence-electron chi connectivity index (χ2n) is 5.29. The van der Waals surface area contributed by atoms with Gasteiger partial charge < -0.3 is 10.1 Å². The highest BCUT2D eigenvalue weighted by Gasteiger charge is 2.12. The molecule has 1 atom stereocenters. The van der Waals surface area contributed by atoms with Gasteiger partial charge in [-0.05, 0) is 36.2 Å². The largest absolute Gasteiger partial charge is 0.465 e. The van der Waals surface area contributed by atoms with Crippen molar-refractivity contribution in [2.24, 2.45) is 0 Å². The number of rotatable bonds is 6. The molecule has 0 spiro atoms. The van der Waals surface area contributed by atoms with Crippen LogP contribution in [0.2, 0.25) is 0 Å². The number of benzene rings is 2. The normalized spacial score (nSPS) is 11.6. The molecule has 0 aliphatic heterocycles. The first-order chi connectivity index (χ1) is 11.2. The first kappa shape index (κ1) is 16.7. The van der Waals surface area contributed by atoms with E-state index in [1.165, 1.54) is 12.7 Å². The summed E-state index contributed by atoms with van der Waals surface area (Å²) in [7, 11) is 1.33. The summed E-state index contributed by atoms with van der Waals surface area (Å²) in [6, 6.07) is 16.6. The molecule has 1 amide bonds. The first-order valence-electron chi connectivity index (χ1n) is 7.67. The van der Waals surface area contributed by atoms with Gasteiger partial charge in [-0.3, -0.25) is 4.79 Å². The van der Waals surface area contributed by atoms with E-state index in [2.05, 4.69) is 29.1 Å². The summed E-state index contributed by atoms with van der Waals surface area (Å²) in [4.78, 5) is 23.6. The summed E-state index contributed by atoms with van der Waals surface area (Å²) in [5.41, 5.74) is 2.18. The van der Waals surface area contributed by atoms with Gasteiger partial charge in [0.2, 0.25) is 0 Å². The van der Waals surface area contributed by atoms with Gasteiger partial charge in [-0.2, -0.15) is 0 Å². The molecule has 2 rings (SSSR count). The van der Waals surface area contributed by atoms with E-state index in [4.69, 9.17) is 0 Å². The number of nitrogens with one attached hydrogen (secondary N) is 1. The minimum absolute atomic E-state index is 0.143. The number of hydrogen-bond acceptors (Lipinski definition) is 3. The SMILES string of the molecule is CC[C@@H](CNC(=O)c1ccc(C(=O)OC)cc1)c1ccccc1. The van der Waals surface area contributed by atoms with Crippen LogP contribution in [-0.4, -0.2) is 25.5 Å². The maximum atomic E-state index is 12.2. The van der Waals surface area contributed by atoms with Crippen LogP contribution in [0.5, 0.6) is 0 Å². The van der Waals surface area contributed by atoms with E-state index < -0.39 is 5.97 Å². The maximum Gasteiger partial charge on any atom is 0.337 e. The lowest BCUT2D eigenvalue weighted by molar-refractivity contribution is 0.0600. The van der Waals surface area contributed by atoms with Crippen molar-refractivity contribution in [1.29, 1.82) is 0 Å². The fraction of sp³-hybridized carbons (Fsp3) is 0.263. The fourth-order valence-corrected chi connectivity index (χ4v) is 2.42. The number of carbonyl (C=O) groups excluding carboxylic acids is 2. The van der Waals surface area contributed by atoms with Crippen LogP contribution >= 0.6 is 0 Å². The van der Waals surface area contributed by atoms with E-state index in [0.717, 1.165) is 6.42 Å². The first-order valence-corrected chi connectivity index (χ1v) is 7.67. The van der Waals surface area contributed by atoms with Gasteiger partial charge in [0, 0.05) is 18.0 Å². The van der Waals surface area contributed by atoms with Crippen molar-refractivity contribution < 1.29 is 14.3 Å². The Kier molecular flexibility index (Phi) is 5.92. The summed E-state index contributed by atoms with van der Waals surface area (Å²) in [6.45, 7) is 2.69. The van der Waals surface area contributed by atoms with Crippen LogP contribution < -0.4 is 5.32 Å². The summed E-state index contributed by atoms with van der Waals surface area (Å²) in [5.74, 6) is -0.266. The average Bonchev–Trinajstić information content (AvgIpc) is 2.62. The molecular weight excluding hydrogens is 290 g/mol. The van der Waals surface area contributed by atoms with Crippen molar-refractivity contribution in [1.82, 2.24) is 5.32 Å². The zero-order valence-electron chi connectivity index (χ0n) is 13.4. The van der Waals surface area contributed by atoms with E-state index in [-0.39, 0.29) is 11.8 Å². The zero-order chi connectivity index (χ0) is 16.7. The molecule has 0 unspecified atom stereocenters. The molecule has 4 nitrogen and oxygen atoms in total. The molecule has 0 saturated heterocycles. The Morgan fingerprint density at radius 2 is 1.61 bits per heavy atom. The van der Waals surface area contributed by atoms with Gasteiger partial charge in [-0.15, -0.1) is 0 Å². The second-order valence-corrected chi connectivity index (χ2v) is 5.29. The fourth-order valence-electron chi connectivity index (χ4n) is 2.42. The summed E-state index contributed by atoms with van der Waals surface area (Å²) in [5, 5.41) is 2.96. The van der Waals surface area contributed by atoms with E-state index in [1.54, 1.807) is 24.3 Å². The van der Waals surface area contributed by atoms with Crippen LogP contribution in [0.4, 0.5) is 0 Å². The summed E-state index contributed by atoms with van der Waals surface area (Å²) < 4.78 is 4.64. The Hall–Kier alpha value is -2.62. The zero-order valence-corrected chi connectivity index (χ0v) is 13.4. The van der Waals surface area contributed by atoms with Gasteiger partial charge >= 0.3 is 5.97 Å². The highest BCUT2D eigenvalue weighted by molar-refractivity contribution is 5.96. The third kappa shape index (κ3) is 4.42. The van der Waals surface area contributed by atoms with Gasteiger partial charge in [0.05, 0.1) is 12.7 Å². The monoisotopic (exact) mass is 311 g/mol. The molecule has 2 aromatic rings. The molecular formula is C19H21NO3. The van der Waals surface area contributed by atoms with E-state index in [9.17, 15) is 9.59 Å². The minimum Gasteiger partial charge on any atom is -0.465 e. The lowest BCUT2D eigenvalue weighted by Gasteiger charge is -2.16. The Bertz CT molecular complexity index is 650. The molecule has 0 radical (unpaired) electrons. The smallest absolute Gasteiger partial charge is 0.337 e. The average molecular weight is 311 g/mol. The van der Waals surface area contributed by atoms with E-state index in [0.29, 0.717) is 17.7 Å². The standard InChI is InChI=1S/C19H21NO3/c1-3-14(15-7-5-4-6-8-15)13-20-18(21)16-9-11-17(12-10-16)19(22)23-2/h4-12,14H,3,13H2,1-2H3,(H,20,21)/t14-/m0/s1. The highest BCUT2D eigenvalue weighted by atomic mass is 16.5. The van der Waals surface area contributed by atoms with Crippen LogP contribution in [0, 0.1) is 0 Å². The van der Waals surface area contributed by atoms with Crippen LogP contribution in [0.3, 0.4) is 0 Å². The van der Waals surface area contributed by atoms with Gasteiger partial charge in [0.1, 0.15) is 0 Å². The quantitative estimate of drug-likeness (QED) is 0.832. The number of methoxy groups -OCH3 is 1. The Balaban J connectivity index is 1.97. The molecule has 1 N–H and O–H groups in total. The van der Waals surface area contributed by atoms with E-state index in [1.807, 2.05) is 18.2 Å². The highest BCUT2D eigenvalue weighted by Crippen LogP contribution is 2.18. The Morgan fingerprint density at radius 3 is 2.17 bits per heavy atom. The Labute approximate surface area is 136 Å². The van der Waals surface area contributed by atoms with Crippen molar-refractivity contribution in [3.8, 4) is 0 Å². The number of amides is 1. The third-order valence-electron chi connectivity index (χ3n) is 3.84. The van der Waals surface area contributed by atoms with Crippen LogP contribution in [0.25, 0.3) is 0 Å². The van der Waals surface area contributed by atoms with Crippen molar-refractivity contribution in [3.05, 3.63) is 71.3 Å². The molecule has 23 heavy (non-hydrogen) atoms. The molecule has 0 heterocycles. The third-order valence-corrected chi connectivity index (χ3v) is 3.84. The molecule has 0 aromatic heterocycles. The molecule has 4 heteroatoms. The molecule has 0 aliphatic carbocycles. The summed E-state index contributed by atoms with van der Waals surface area (Å²) in [6.07, 6.45) is 0.950. The molecule has 0 aliphatic rings. The number of esters is 1. The van der Waals surface area contributed by atoms with Crippen LogP contribution in [0.15, 0.2) is 54.6 Å². The van der Waals surface area contributed by atoms with Gasteiger partial charge in [0.25, 0.3) is 5.91 Å². The number of carbonyl (C=O) groups is 2. The number of hydrogen-bond donors (Lipinski definition) is 1. The predicted octanol–water partition coefficient (Wildman–Crippen LogP) is 3.40. The van der Waals surface area contributed by atoms with Crippen molar-refractivity contribution in [3.63, 3.8) is 0 Å². The lowest BCUT2D eigenvalue weighted by Crippen LogP contribution is -2.28. The topological polar surface area (TPSA) is 55.4 Å². The van der Waals surface area contributed by atoms with Crippen LogP contribution in [-0.2, 0) is 4.74 Å². The van der Waals surface area contributed by atoms with Gasteiger partial charge in [0.15, 0.2) is 0 Å². The van der Waals surface area contributed by atoms with Gasteiger partial charge in [-0.1, -0.05) is 37.3 Å². The summed E-state index contributed by atoms with van der Waals surface area (Å²) >= 11 is 0. The van der Waals surface area contributed by atoms with Crippen molar-refractivity contribution in [2.75, 3.05) is 13.7 Å². The molecule has 2 aromatic carbocycles. The Morgan fingerprint density at radius 1 is 1.00 bits per heavy atom. The molecule has 0 saturated carbocycles. The van der Waals surface area contributed by atoms with Crippen molar-refractivity contribution in [2.45, 2.75) is 19.3 Å². The van der Waals surface area contributed by atoms with Crippen molar-refractivity contribution >= 4 is 11.9 Å².